The zero-order valence-electron chi connectivity index (χ0n) is 11.0. The Bertz CT molecular complexity index is 692. The topological polar surface area (TPSA) is 103 Å². The molecule has 20 heavy (non-hydrogen) atoms. The fraction of sp³-hybridized carbons (Fsp3) is 0.250. The maximum absolute atomic E-state index is 11.7. The van der Waals surface area contributed by atoms with Gasteiger partial charge in [0.2, 0.25) is 0 Å². The van der Waals surface area contributed by atoms with Gasteiger partial charge in [-0.2, -0.15) is 0 Å². The Morgan fingerprint density at radius 2 is 2.30 bits per heavy atom. The van der Waals surface area contributed by atoms with Gasteiger partial charge in [0.05, 0.1) is 12.7 Å². The number of ether oxygens (including phenoxy) is 1. The Balaban J connectivity index is 2.26. The van der Waals surface area contributed by atoms with E-state index >= 15 is 0 Å². The van der Waals surface area contributed by atoms with Crippen molar-refractivity contribution in [2.75, 3.05) is 12.8 Å². The van der Waals surface area contributed by atoms with E-state index < -0.39 is 5.97 Å². The Morgan fingerprint density at radius 1 is 1.55 bits per heavy atom. The van der Waals surface area contributed by atoms with E-state index in [1.807, 2.05) is 0 Å². The standard InChI is InChI=1S/C12H14N4O3S/c1-16-11(18)14-15-12(16)20-6-7-4-3-5-8(13)9(7)10(17)19-2/h3-5H,6,13H2,1-2H3,(H,14,18). The number of H-pyrrole nitrogens is 1. The number of carbonyl (C=O) groups is 1. The van der Waals surface area contributed by atoms with E-state index in [0.29, 0.717) is 22.2 Å². The minimum absolute atomic E-state index is 0.284. The van der Waals surface area contributed by atoms with Gasteiger partial charge in [0.15, 0.2) is 5.16 Å². The molecule has 0 saturated carbocycles. The molecule has 7 nitrogen and oxygen atoms in total. The summed E-state index contributed by atoms with van der Waals surface area (Å²) in [6.45, 7) is 0. The number of aromatic amines is 1. The van der Waals surface area contributed by atoms with Gasteiger partial charge >= 0.3 is 11.7 Å². The van der Waals surface area contributed by atoms with Gasteiger partial charge in [0.25, 0.3) is 0 Å². The second-order valence-corrected chi connectivity index (χ2v) is 4.97. The van der Waals surface area contributed by atoms with E-state index in [4.69, 9.17) is 10.5 Å². The number of carbonyl (C=O) groups excluding carboxylic acids is 1. The minimum atomic E-state index is -0.477. The van der Waals surface area contributed by atoms with Gasteiger partial charge in [-0.3, -0.25) is 4.57 Å². The quantitative estimate of drug-likeness (QED) is 0.490. The predicted octanol–water partition coefficient (Wildman–Crippen LogP) is 0.769. The third-order valence-corrected chi connectivity index (χ3v) is 3.85. The highest BCUT2D eigenvalue weighted by molar-refractivity contribution is 7.98. The molecule has 0 fully saturated rings. The largest absolute Gasteiger partial charge is 0.465 e. The van der Waals surface area contributed by atoms with Crippen LogP contribution in [0.25, 0.3) is 0 Å². The summed E-state index contributed by atoms with van der Waals surface area (Å²) in [4.78, 5) is 23.0. The van der Waals surface area contributed by atoms with Crippen LogP contribution in [0.4, 0.5) is 5.69 Å². The smallest absolute Gasteiger partial charge is 0.343 e. The number of thioether (sulfide) groups is 1. The lowest BCUT2D eigenvalue weighted by Gasteiger charge is -2.09. The molecule has 0 radical (unpaired) electrons. The van der Waals surface area contributed by atoms with Crippen LogP contribution >= 0.6 is 11.8 Å². The molecular weight excluding hydrogens is 280 g/mol. The predicted molar refractivity (Wildman–Crippen MR) is 75.6 cm³/mol. The zero-order valence-corrected chi connectivity index (χ0v) is 11.9. The van der Waals surface area contributed by atoms with E-state index in [0.717, 1.165) is 5.56 Å². The maximum atomic E-state index is 11.7. The number of aromatic nitrogens is 3. The van der Waals surface area contributed by atoms with Crippen molar-refractivity contribution < 1.29 is 9.53 Å². The van der Waals surface area contributed by atoms with Crippen molar-refractivity contribution in [1.29, 1.82) is 0 Å². The van der Waals surface area contributed by atoms with E-state index in [2.05, 4.69) is 10.2 Å². The van der Waals surface area contributed by atoms with Gasteiger partial charge in [0.1, 0.15) is 0 Å². The number of methoxy groups -OCH3 is 1. The summed E-state index contributed by atoms with van der Waals surface area (Å²) in [5, 5.41) is 6.78. The first-order chi connectivity index (χ1) is 9.54. The fourth-order valence-corrected chi connectivity index (χ4v) is 2.61. The number of benzene rings is 1. The highest BCUT2D eigenvalue weighted by Crippen LogP contribution is 2.25. The molecule has 0 aliphatic rings. The van der Waals surface area contributed by atoms with E-state index in [1.165, 1.54) is 23.4 Å². The van der Waals surface area contributed by atoms with Gasteiger partial charge in [-0.05, 0) is 11.6 Å². The molecule has 2 rings (SSSR count). The number of rotatable bonds is 4. The molecule has 0 amide bonds. The third-order valence-electron chi connectivity index (χ3n) is 2.77. The molecule has 3 N–H and O–H groups in total. The molecule has 106 valence electrons. The van der Waals surface area contributed by atoms with Gasteiger partial charge < -0.3 is 10.5 Å². The summed E-state index contributed by atoms with van der Waals surface area (Å²) in [6, 6.07) is 5.20. The van der Waals surface area contributed by atoms with Crippen molar-refractivity contribution in [2.24, 2.45) is 7.05 Å². The number of hydrogen-bond donors (Lipinski definition) is 2. The van der Waals surface area contributed by atoms with Gasteiger partial charge in [-0.25, -0.2) is 14.7 Å². The van der Waals surface area contributed by atoms with Crippen molar-refractivity contribution in [2.45, 2.75) is 10.9 Å². The normalized spacial score (nSPS) is 10.5. The molecule has 1 heterocycles. The van der Waals surface area contributed by atoms with E-state index in [9.17, 15) is 9.59 Å². The average molecular weight is 294 g/mol. The highest BCUT2D eigenvalue weighted by atomic mass is 32.2. The Hall–Kier alpha value is -2.22. The lowest BCUT2D eigenvalue weighted by molar-refractivity contribution is 0.0601. The Kier molecular flexibility index (Phi) is 4.14. The summed E-state index contributed by atoms with van der Waals surface area (Å²) < 4.78 is 6.13. The fourth-order valence-electron chi connectivity index (χ4n) is 1.70. The van der Waals surface area contributed by atoms with Crippen LogP contribution in [-0.4, -0.2) is 27.8 Å². The number of nitrogen functional groups attached to an aromatic ring is 1. The first-order valence-electron chi connectivity index (χ1n) is 5.74. The SMILES string of the molecule is COC(=O)c1c(N)cccc1CSc1n[nH]c(=O)n1C. The number of anilines is 1. The first-order valence-corrected chi connectivity index (χ1v) is 6.73. The highest BCUT2D eigenvalue weighted by Gasteiger charge is 2.16. The van der Waals surface area contributed by atoms with Crippen LogP contribution in [0, 0.1) is 0 Å². The molecule has 0 aliphatic heterocycles. The van der Waals surface area contributed by atoms with Crippen molar-refractivity contribution in [3.63, 3.8) is 0 Å². The van der Waals surface area contributed by atoms with E-state index in [1.54, 1.807) is 25.2 Å². The molecule has 0 saturated heterocycles. The van der Waals surface area contributed by atoms with Gasteiger partial charge in [-0.15, -0.1) is 5.10 Å². The van der Waals surface area contributed by atoms with Crippen LogP contribution in [0.15, 0.2) is 28.2 Å². The summed E-state index contributed by atoms with van der Waals surface area (Å²) in [5.41, 5.74) is 6.98. The number of nitrogens with one attached hydrogen (secondary N) is 1. The Morgan fingerprint density at radius 3 is 2.90 bits per heavy atom. The van der Waals surface area contributed by atoms with E-state index in [-0.39, 0.29) is 5.69 Å². The molecule has 2 aromatic rings. The second-order valence-electron chi connectivity index (χ2n) is 4.03. The number of esters is 1. The molecule has 0 aliphatic carbocycles. The number of nitrogens with zero attached hydrogens (tertiary/aromatic N) is 2. The van der Waals surface area contributed by atoms with Crippen LogP contribution in [0.5, 0.6) is 0 Å². The summed E-state index contributed by atoms with van der Waals surface area (Å²) in [5.74, 6) is -0.0252. The maximum Gasteiger partial charge on any atom is 0.343 e. The first kappa shape index (κ1) is 14.2. The number of hydrogen-bond acceptors (Lipinski definition) is 6. The second kappa shape index (κ2) is 5.83. The van der Waals surface area contributed by atoms with Crippen LogP contribution in [0.2, 0.25) is 0 Å². The molecule has 8 heteroatoms. The molecule has 1 aromatic carbocycles. The van der Waals surface area contributed by atoms with Crippen molar-refractivity contribution >= 4 is 23.4 Å². The lowest BCUT2D eigenvalue weighted by Crippen LogP contribution is -2.13. The molecule has 0 bridgehead atoms. The number of nitrogens with two attached hydrogens (primary N) is 1. The van der Waals surface area contributed by atoms with Crippen LogP contribution < -0.4 is 11.4 Å². The van der Waals surface area contributed by atoms with Gasteiger partial charge in [0, 0.05) is 18.5 Å². The van der Waals surface area contributed by atoms with Gasteiger partial charge in [-0.1, -0.05) is 23.9 Å². The minimum Gasteiger partial charge on any atom is -0.465 e. The summed E-state index contributed by atoms with van der Waals surface area (Å²) >= 11 is 1.33. The monoisotopic (exact) mass is 294 g/mol. The van der Waals surface area contributed by atoms with Crippen LogP contribution in [0.1, 0.15) is 15.9 Å². The van der Waals surface area contributed by atoms with Crippen molar-refractivity contribution in [3.8, 4) is 0 Å². The van der Waals surface area contributed by atoms with Crippen LogP contribution in [0.3, 0.4) is 0 Å². The molecule has 0 atom stereocenters. The van der Waals surface area contributed by atoms with Crippen molar-refractivity contribution in [1.82, 2.24) is 14.8 Å². The zero-order chi connectivity index (χ0) is 14.7. The summed E-state index contributed by atoms with van der Waals surface area (Å²) in [6.07, 6.45) is 0. The molecule has 0 spiro atoms. The molecule has 0 unspecified atom stereocenters. The molecular formula is C12H14N4O3S. The Labute approximate surface area is 119 Å². The lowest BCUT2D eigenvalue weighted by atomic mass is 10.1. The van der Waals surface area contributed by atoms with Crippen molar-refractivity contribution in [3.05, 3.63) is 39.8 Å². The average Bonchev–Trinajstić information content (AvgIpc) is 2.76. The third kappa shape index (κ3) is 2.69. The van der Waals surface area contributed by atoms with Crippen LogP contribution in [-0.2, 0) is 17.5 Å². The summed E-state index contributed by atoms with van der Waals surface area (Å²) in [7, 11) is 2.93. The molecule has 1 aromatic heterocycles.